The van der Waals surface area contributed by atoms with E-state index in [1.54, 1.807) is 12.3 Å². The molecule has 3 N–H and O–H groups in total. The van der Waals surface area contributed by atoms with Gasteiger partial charge in [0.15, 0.2) is 5.82 Å². The summed E-state index contributed by atoms with van der Waals surface area (Å²) >= 11 is 9.27. The van der Waals surface area contributed by atoms with Gasteiger partial charge in [0.25, 0.3) is 0 Å². The molecule has 2 rings (SSSR count). The van der Waals surface area contributed by atoms with Gasteiger partial charge < -0.3 is 11.1 Å². The molecule has 1 aromatic heterocycles. The van der Waals surface area contributed by atoms with Crippen LogP contribution in [0.5, 0.6) is 0 Å². The van der Waals surface area contributed by atoms with Crippen LogP contribution in [0.3, 0.4) is 0 Å². The number of nitrogens with one attached hydrogen (secondary N) is 1. The van der Waals surface area contributed by atoms with Crippen LogP contribution in [0.2, 0.25) is 5.02 Å². The van der Waals surface area contributed by atoms with Crippen molar-refractivity contribution in [1.82, 2.24) is 4.98 Å². The maximum Gasteiger partial charge on any atom is 0.153 e. The predicted octanol–water partition coefficient (Wildman–Crippen LogP) is 4.13. The van der Waals surface area contributed by atoms with E-state index in [1.807, 2.05) is 25.1 Å². The van der Waals surface area contributed by atoms with Crippen molar-refractivity contribution in [2.45, 2.75) is 6.92 Å². The molecule has 0 aliphatic heterocycles. The second-order valence-corrected chi connectivity index (χ2v) is 4.99. The number of nitrogens with zero attached hydrogens (tertiary/aromatic N) is 1. The van der Waals surface area contributed by atoms with Gasteiger partial charge in [0, 0.05) is 10.7 Å². The molecule has 5 heteroatoms. The molecule has 0 unspecified atom stereocenters. The van der Waals surface area contributed by atoms with Gasteiger partial charge in [0.05, 0.1) is 16.4 Å². The minimum absolute atomic E-state index is 0.519. The molecular weight excluding hydrogens is 302 g/mol. The fourth-order valence-electron chi connectivity index (χ4n) is 1.42. The van der Waals surface area contributed by atoms with Crippen LogP contribution in [0.4, 0.5) is 17.2 Å². The number of anilines is 3. The molecule has 0 aliphatic rings. The molecular formula is C12H11BrClN3. The number of halogens is 2. The second-order valence-electron chi connectivity index (χ2n) is 3.70. The van der Waals surface area contributed by atoms with Crippen LogP contribution in [-0.2, 0) is 0 Å². The fourth-order valence-corrected chi connectivity index (χ4v) is 1.93. The van der Waals surface area contributed by atoms with Crippen molar-refractivity contribution >= 4 is 44.7 Å². The second kappa shape index (κ2) is 4.94. The molecule has 3 nitrogen and oxygen atoms in total. The van der Waals surface area contributed by atoms with Crippen LogP contribution in [0.15, 0.2) is 34.9 Å². The molecule has 0 spiro atoms. The molecule has 0 aliphatic carbocycles. The summed E-state index contributed by atoms with van der Waals surface area (Å²) in [6.07, 6.45) is 1.56. The Morgan fingerprint density at radius 3 is 2.82 bits per heavy atom. The van der Waals surface area contributed by atoms with Gasteiger partial charge in [-0.2, -0.15) is 0 Å². The maximum atomic E-state index is 5.83. The van der Waals surface area contributed by atoms with Crippen LogP contribution in [-0.4, -0.2) is 4.98 Å². The molecule has 0 radical (unpaired) electrons. The van der Waals surface area contributed by atoms with Gasteiger partial charge in [-0.25, -0.2) is 4.98 Å². The van der Waals surface area contributed by atoms with Crippen LogP contribution in [0.25, 0.3) is 0 Å². The summed E-state index contributed by atoms with van der Waals surface area (Å²) in [5.41, 5.74) is 8.43. The minimum Gasteiger partial charge on any atom is -0.396 e. The lowest BCUT2D eigenvalue weighted by Crippen LogP contribution is -1.99. The first-order valence-electron chi connectivity index (χ1n) is 5.00. The summed E-state index contributed by atoms with van der Waals surface area (Å²) in [6.45, 7) is 2.02. The number of hydrogen-bond acceptors (Lipinski definition) is 3. The Hall–Kier alpha value is -1.26. The SMILES string of the molecule is Cc1ccc(Br)c(Nc2ncc(Cl)cc2N)c1. The highest BCUT2D eigenvalue weighted by atomic mass is 79.9. The van der Waals surface area contributed by atoms with Crippen molar-refractivity contribution in [3.8, 4) is 0 Å². The summed E-state index contributed by atoms with van der Waals surface area (Å²) in [5.74, 6) is 0.598. The molecule has 0 atom stereocenters. The first kappa shape index (κ1) is 12.2. The van der Waals surface area contributed by atoms with E-state index in [1.165, 1.54) is 0 Å². The van der Waals surface area contributed by atoms with Gasteiger partial charge in [0.1, 0.15) is 0 Å². The van der Waals surface area contributed by atoms with Crippen molar-refractivity contribution in [3.05, 3.63) is 45.5 Å². The molecule has 2 aromatic rings. The number of hydrogen-bond donors (Lipinski definition) is 2. The van der Waals surface area contributed by atoms with Gasteiger partial charge in [-0.1, -0.05) is 17.7 Å². The highest BCUT2D eigenvalue weighted by Gasteiger charge is 2.05. The topological polar surface area (TPSA) is 50.9 Å². The molecule has 88 valence electrons. The predicted molar refractivity (Wildman–Crippen MR) is 75.8 cm³/mol. The standard InChI is InChI=1S/C12H11BrClN3/c1-7-2-3-9(13)11(4-7)17-12-10(15)5-8(14)6-16-12/h2-6H,15H2,1H3,(H,16,17). The largest absolute Gasteiger partial charge is 0.396 e. The lowest BCUT2D eigenvalue weighted by Gasteiger charge is -2.10. The van der Waals surface area contributed by atoms with Gasteiger partial charge in [-0.05, 0) is 46.6 Å². The van der Waals surface area contributed by atoms with E-state index < -0.39 is 0 Å². The van der Waals surface area contributed by atoms with E-state index in [-0.39, 0.29) is 0 Å². The zero-order valence-electron chi connectivity index (χ0n) is 9.17. The van der Waals surface area contributed by atoms with E-state index >= 15 is 0 Å². The summed E-state index contributed by atoms with van der Waals surface area (Å²) in [7, 11) is 0. The molecule has 1 aromatic carbocycles. The molecule has 0 saturated carbocycles. The lowest BCUT2D eigenvalue weighted by molar-refractivity contribution is 1.30. The Balaban J connectivity index is 2.34. The van der Waals surface area contributed by atoms with E-state index in [0.717, 1.165) is 15.7 Å². The Labute approximate surface area is 113 Å². The monoisotopic (exact) mass is 311 g/mol. The number of benzene rings is 1. The summed E-state index contributed by atoms with van der Waals surface area (Å²) in [6, 6.07) is 7.68. The molecule has 0 bridgehead atoms. The minimum atomic E-state index is 0.519. The Kier molecular flexibility index (Phi) is 3.54. The van der Waals surface area contributed by atoms with Gasteiger partial charge in [-0.3, -0.25) is 0 Å². The van der Waals surface area contributed by atoms with Crippen molar-refractivity contribution in [2.24, 2.45) is 0 Å². The Morgan fingerprint density at radius 1 is 1.35 bits per heavy atom. The highest BCUT2D eigenvalue weighted by molar-refractivity contribution is 9.10. The van der Waals surface area contributed by atoms with E-state index in [9.17, 15) is 0 Å². The Morgan fingerprint density at radius 2 is 2.12 bits per heavy atom. The van der Waals surface area contributed by atoms with E-state index in [2.05, 4.69) is 26.2 Å². The maximum absolute atomic E-state index is 5.83. The van der Waals surface area contributed by atoms with Crippen molar-refractivity contribution < 1.29 is 0 Å². The molecule has 0 amide bonds. The third-order valence-electron chi connectivity index (χ3n) is 2.26. The highest BCUT2D eigenvalue weighted by Crippen LogP contribution is 2.29. The van der Waals surface area contributed by atoms with Crippen molar-refractivity contribution in [3.63, 3.8) is 0 Å². The van der Waals surface area contributed by atoms with E-state index in [0.29, 0.717) is 16.5 Å². The summed E-state index contributed by atoms with van der Waals surface area (Å²) < 4.78 is 0.958. The van der Waals surface area contributed by atoms with Crippen LogP contribution in [0, 0.1) is 6.92 Å². The third kappa shape index (κ3) is 2.90. The first-order chi connectivity index (χ1) is 8.06. The van der Waals surface area contributed by atoms with Crippen molar-refractivity contribution in [2.75, 3.05) is 11.1 Å². The molecule has 17 heavy (non-hydrogen) atoms. The first-order valence-corrected chi connectivity index (χ1v) is 6.17. The van der Waals surface area contributed by atoms with Crippen LogP contribution >= 0.6 is 27.5 Å². The number of aromatic nitrogens is 1. The quantitative estimate of drug-likeness (QED) is 0.876. The third-order valence-corrected chi connectivity index (χ3v) is 3.16. The lowest BCUT2D eigenvalue weighted by atomic mass is 10.2. The summed E-state index contributed by atoms with van der Waals surface area (Å²) in [5, 5.41) is 3.69. The number of aryl methyl sites for hydroxylation is 1. The zero-order chi connectivity index (χ0) is 12.4. The summed E-state index contributed by atoms with van der Waals surface area (Å²) in [4.78, 5) is 4.15. The Bertz CT molecular complexity index is 557. The normalized spacial score (nSPS) is 10.3. The average Bonchev–Trinajstić information content (AvgIpc) is 2.27. The van der Waals surface area contributed by atoms with Crippen molar-refractivity contribution in [1.29, 1.82) is 0 Å². The van der Waals surface area contributed by atoms with Crippen LogP contribution in [0.1, 0.15) is 5.56 Å². The van der Waals surface area contributed by atoms with Gasteiger partial charge >= 0.3 is 0 Å². The zero-order valence-corrected chi connectivity index (χ0v) is 11.5. The van der Waals surface area contributed by atoms with Gasteiger partial charge in [-0.15, -0.1) is 0 Å². The molecule has 0 fully saturated rings. The molecule has 1 heterocycles. The average molecular weight is 313 g/mol. The number of rotatable bonds is 2. The molecule has 0 saturated heterocycles. The smallest absolute Gasteiger partial charge is 0.153 e. The van der Waals surface area contributed by atoms with Crippen LogP contribution < -0.4 is 11.1 Å². The number of nitrogens with two attached hydrogens (primary N) is 1. The number of pyridine rings is 1. The van der Waals surface area contributed by atoms with Gasteiger partial charge in [0.2, 0.25) is 0 Å². The number of nitrogen functional groups attached to an aromatic ring is 1. The fraction of sp³-hybridized carbons (Fsp3) is 0.0833. The van der Waals surface area contributed by atoms with E-state index in [4.69, 9.17) is 17.3 Å².